The van der Waals surface area contributed by atoms with Crippen molar-refractivity contribution in [2.45, 2.75) is 47.0 Å². The fourth-order valence-corrected chi connectivity index (χ4v) is 5.21. The molecular weight excluding hydrogens is 403 g/mol. The largest absolute Gasteiger partial charge is 0.511 e. The van der Waals surface area contributed by atoms with E-state index in [2.05, 4.69) is 13.8 Å². The molecule has 2 bridgehead atoms. The lowest BCUT2D eigenvalue weighted by atomic mass is 9.58. The minimum absolute atomic E-state index is 0.0167. The Balaban J connectivity index is 1.82. The van der Waals surface area contributed by atoms with Crippen LogP contribution in [0.15, 0.2) is 42.2 Å². The Morgan fingerprint density at radius 1 is 1.20 bits per heavy atom. The van der Waals surface area contributed by atoms with E-state index in [-0.39, 0.29) is 33.6 Å². The minimum atomic E-state index is -0.563. The first-order valence-electron chi connectivity index (χ1n) is 10.3. The Morgan fingerprint density at radius 2 is 1.93 bits per heavy atom. The minimum Gasteiger partial charge on any atom is -0.511 e. The number of aryl methyl sites for hydroxylation is 1. The topological polar surface area (TPSA) is 46.5 Å². The zero-order valence-corrected chi connectivity index (χ0v) is 18.4. The molecule has 5 heteroatoms. The zero-order valence-electron chi connectivity index (χ0n) is 17.7. The maximum Gasteiger partial charge on any atom is 0.170 e. The smallest absolute Gasteiger partial charge is 0.170 e. The number of benzene rings is 2. The predicted molar refractivity (Wildman–Crippen MR) is 116 cm³/mol. The summed E-state index contributed by atoms with van der Waals surface area (Å²) in [5.41, 5.74) is 1.24. The van der Waals surface area contributed by atoms with Crippen LogP contribution < -0.4 is 4.74 Å². The number of rotatable bonds is 4. The van der Waals surface area contributed by atoms with E-state index in [9.17, 15) is 14.3 Å². The molecule has 0 aromatic heterocycles. The molecule has 1 saturated carbocycles. The number of ketones is 1. The van der Waals surface area contributed by atoms with Crippen LogP contribution in [-0.2, 0) is 11.2 Å². The summed E-state index contributed by atoms with van der Waals surface area (Å²) in [5.74, 6) is -0.0920. The number of aliphatic hydroxyl groups is 1. The Bertz CT molecular complexity index is 1070. The van der Waals surface area contributed by atoms with Gasteiger partial charge in [-0.25, -0.2) is 4.39 Å². The van der Waals surface area contributed by atoms with Gasteiger partial charge in [-0.15, -0.1) is 0 Å². The van der Waals surface area contributed by atoms with Gasteiger partial charge in [0.1, 0.15) is 11.5 Å². The third-order valence-electron chi connectivity index (χ3n) is 7.40. The fourth-order valence-electron chi connectivity index (χ4n) is 5.06. The lowest BCUT2D eigenvalue weighted by Gasteiger charge is -2.45. The van der Waals surface area contributed by atoms with Crippen LogP contribution in [0.25, 0.3) is 5.57 Å². The van der Waals surface area contributed by atoms with E-state index >= 15 is 0 Å². The molecule has 0 aliphatic heterocycles. The molecule has 4 rings (SSSR count). The highest BCUT2D eigenvalue weighted by atomic mass is 35.5. The predicted octanol–water partition coefficient (Wildman–Crippen LogP) is 7.13. The quantitative estimate of drug-likeness (QED) is 0.563. The Hall–Kier alpha value is -2.33. The van der Waals surface area contributed by atoms with Gasteiger partial charge in [-0.05, 0) is 66.1 Å². The number of hydrogen-bond donors (Lipinski definition) is 1. The maximum absolute atomic E-state index is 14.2. The molecule has 2 aromatic carbocycles. The SMILES string of the molecule is CCc1ccc(Oc2ccc(Cl)cc2F)cc1C1=C(O)C2(C)CC[C@@H](C1=O)C2(C)C. The summed E-state index contributed by atoms with van der Waals surface area (Å²) >= 11 is 5.82. The normalized spacial score (nSPS) is 25.0. The van der Waals surface area contributed by atoms with Crippen molar-refractivity contribution in [2.24, 2.45) is 16.7 Å². The van der Waals surface area contributed by atoms with Crippen LogP contribution in [0.5, 0.6) is 11.5 Å². The van der Waals surface area contributed by atoms with Gasteiger partial charge in [0.2, 0.25) is 0 Å². The molecule has 2 aliphatic carbocycles. The number of aliphatic hydroxyl groups excluding tert-OH is 1. The molecule has 0 saturated heterocycles. The molecule has 1 fully saturated rings. The van der Waals surface area contributed by atoms with Crippen LogP contribution >= 0.6 is 11.6 Å². The van der Waals surface area contributed by atoms with Gasteiger partial charge >= 0.3 is 0 Å². The Labute approximate surface area is 181 Å². The Kier molecular flexibility index (Phi) is 4.97. The summed E-state index contributed by atoms with van der Waals surface area (Å²) in [7, 11) is 0. The highest BCUT2D eigenvalue weighted by Crippen LogP contribution is 2.64. The van der Waals surface area contributed by atoms with E-state index in [0.717, 1.165) is 18.4 Å². The van der Waals surface area contributed by atoms with E-state index in [1.165, 1.54) is 12.1 Å². The molecule has 2 aromatic rings. The number of allylic oxidation sites excluding steroid dienone is 2. The highest BCUT2D eigenvalue weighted by molar-refractivity contribution is 6.30. The van der Waals surface area contributed by atoms with E-state index in [0.29, 0.717) is 23.3 Å². The standard InChI is InChI=1S/C25H26ClFO3/c1-5-14-6-8-16(30-20-9-7-15(26)12-19(20)27)13-17(14)21-22(28)18-10-11-25(4,23(21)29)24(18,2)3/h6-9,12-13,18,29H,5,10-11H2,1-4H3/t18-,25?/m0/s1. The maximum atomic E-state index is 14.2. The molecular formula is C25H26ClFO3. The van der Waals surface area contributed by atoms with Crippen LogP contribution in [0.3, 0.4) is 0 Å². The summed E-state index contributed by atoms with van der Waals surface area (Å²) in [6.45, 7) is 8.19. The van der Waals surface area contributed by atoms with Gasteiger partial charge in [0, 0.05) is 16.4 Å². The van der Waals surface area contributed by atoms with Crippen LogP contribution in [0.2, 0.25) is 5.02 Å². The van der Waals surface area contributed by atoms with Crippen molar-refractivity contribution in [3.05, 3.63) is 64.1 Å². The lowest BCUT2D eigenvalue weighted by Crippen LogP contribution is -2.43. The second kappa shape index (κ2) is 7.12. The molecule has 0 heterocycles. The van der Waals surface area contributed by atoms with Gasteiger partial charge in [0.15, 0.2) is 17.3 Å². The molecule has 0 radical (unpaired) electrons. The van der Waals surface area contributed by atoms with Gasteiger partial charge in [0.25, 0.3) is 0 Å². The first kappa shape index (κ1) is 20.9. The van der Waals surface area contributed by atoms with Crippen LogP contribution in [0, 0.1) is 22.6 Å². The van der Waals surface area contributed by atoms with Crippen molar-refractivity contribution in [1.29, 1.82) is 0 Å². The highest BCUT2D eigenvalue weighted by Gasteiger charge is 2.61. The number of halogens is 2. The van der Waals surface area contributed by atoms with Crippen molar-refractivity contribution in [3.63, 3.8) is 0 Å². The molecule has 1 N–H and O–H groups in total. The number of fused-ring (bicyclic) bond motifs is 2. The van der Waals surface area contributed by atoms with Gasteiger partial charge in [-0.2, -0.15) is 0 Å². The molecule has 3 nitrogen and oxygen atoms in total. The number of hydrogen-bond acceptors (Lipinski definition) is 3. The van der Waals surface area contributed by atoms with Crippen LogP contribution in [0.4, 0.5) is 4.39 Å². The second-order valence-corrected chi connectivity index (χ2v) is 9.52. The van der Waals surface area contributed by atoms with Gasteiger partial charge in [0.05, 0.1) is 5.57 Å². The molecule has 2 aliphatic rings. The fraction of sp³-hybridized carbons (Fsp3) is 0.400. The summed E-state index contributed by atoms with van der Waals surface area (Å²) in [6.07, 6.45) is 2.24. The van der Waals surface area contributed by atoms with Crippen molar-refractivity contribution in [2.75, 3.05) is 0 Å². The van der Waals surface area contributed by atoms with E-state index in [1.54, 1.807) is 18.2 Å². The number of carbonyl (C=O) groups is 1. The average Bonchev–Trinajstić information content (AvgIpc) is 2.87. The van der Waals surface area contributed by atoms with Gasteiger partial charge < -0.3 is 9.84 Å². The molecule has 0 spiro atoms. The van der Waals surface area contributed by atoms with Crippen LogP contribution in [-0.4, -0.2) is 10.9 Å². The summed E-state index contributed by atoms with van der Waals surface area (Å²) < 4.78 is 19.9. The number of ether oxygens (including phenoxy) is 1. The summed E-state index contributed by atoms with van der Waals surface area (Å²) in [5, 5.41) is 11.6. The number of carbonyl (C=O) groups excluding carboxylic acids is 1. The average molecular weight is 429 g/mol. The molecule has 158 valence electrons. The summed E-state index contributed by atoms with van der Waals surface area (Å²) in [6, 6.07) is 9.57. The second-order valence-electron chi connectivity index (χ2n) is 9.08. The first-order valence-corrected chi connectivity index (χ1v) is 10.7. The van der Waals surface area contributed by atoms with Crippen molar-refractivity contribution in [3.8, 4) is 11.5 Å². The van der Waals surface area contributed by atoms with E-state index in [1.807, 2.05) is 19.9 Å². The van der Waals surface area contributed by atoms with E-state index in [4.69, 9.17) is 16.3 Å². The molecule has 0 amide bonds. The monoisotopic (exact) mass is 428 g/mol. The van der Waals surface area contributed by atoms with E-state index < -0.39 is 11.2 Å². The van der Waals surface area contributed by atoms with Crippen molar-refractivity contribution in [1.82, 2.24) is 0 Å². The number of Topliss-reactive ketones (excluding diaryl/α,β-unsaturated/α-hetero) is 1. The Morgan fingerprint density at radius 3 is 2.60 bits per heavy atom. The molecule has 30 heavy (non-hydrogen) atoms. The molecule has 2 atom stereocenters. The van der Waals surface area contributed by atoms with Gasteiger partial charge in [-0.1, -0.05) is 45.4 Å². The third kappa shape index (κ3) is 2.96. The third-order valence-corrected chi connectivity index (χ3v) is 7.64. The van der Waals surface area contributed by atoms with Crippen molar-refractivity contribution < 1.29 is 19.0 Å². The van der Waals surface area contributed by atoms with Crippen molar-refractivity contribution >= 4 is 23.0 Å². The summed E-state index contributed by atoms with van der Waals surface area (Å²) in [4.78, 5) is 13.4. The first-order chi connectivity index (χ1) is 14.1. The van der Waals surface area contributed by atoms with Crippen LogP contribution in [0.1, 0.15) is 51.7 Å². The van der Waals surface area contributed by atoms with Gasteiger partial charge in [-0.3, -0.25) is 4.79 Å². The molecule has 1 unspecified atom stereocenters. The zero-order chi connectivity index (χ0) is 21.8. The lowest BCUT2D eigenvalue weighted by molar-refractivity contribution is -0.122.